The summed E-state index contributed by atoms with van der Waals surface area (Å²) in [5.41, 5.74) is 14.2. The highest BCUT2D eigenvalue weighted by atomic mass is 16.7. The summed E-state index contributed by atoms with van der Waals surface area (Å²) in [5.74, 6) is 3.03. The van der Waals surface area contributed by atoms with Crippen molar-refractivity contribution in [2.45, 2.75) is 6.42 Å². The lowest BCUT2D eigenvalue weighted by Gasteiger charge is -2.12. The van der Waals surface area contributed by atoms with Crippen LogP contribution in [0.25, 0.3) is 10.9 Å². The molecule has 0 atom stereocenters. The van der Waals surface area contributed by atoms with E-state index in [4.69, 9.17) is 25.9 Å². The molecule has 2 aromatic carbocycles. The van der Waals surface area contributed by atoms with Gasteiger partial charge in [0, 0.05) is 37.6 Å². The molecule has 9 nitrogen and oxygen atoms in total. The number of ether oxygens (including phenoxy) is 2. The van der Waals surface area contributed by atoms with Crippen molar-refractivity contribution >= 4 is 28.4 Å². The number of fused-ring (bicyclic) bond motifs is 2. The summed E-state index contributed by atoms with van der Waals surface area (Å²) in [6, 6.07) is 11.7. The molecule has 150 valence electrons. The standard InChI is InChI=1S/C20H23N7O2/c1-23-20(22)27-19-14-4-3-13(24-7-6-21)10-15(14)25-18(26-19)9-12-2-5-16-17(8-12)29-11-28-16/h2-5,8,10,24H,6-7,9,11,21H2,1H3,(H3,22,23,25,26,27). The van der Waals surface area contributed by atoms with E-state index in [1.54, 1.807) is 7.05 Å². The van der Waals surface area contributed by atoms with Gasteiger partial charge < -0.3 is 31.6 Å². The second-order valence-electron chi connectivity index (χ2n) is 6.53. The van der Waals surface area contributed by atoms with Crippen LogP contribution in [-0.4, -0.2) is 42.9 Å². The van der Waals surface area contributed by atoms with Gasteiger partial charge in [0.05, 0.1) is 5.52 Å². The van der Waals surface area contributed by atoms with E-state index in [9.17, 15) is 0 Å². The number of benzene rings is 2. The van der Waals surface area contributed by atoms with Crippen molar-refractivity contribution in [1.82, 2.24) is 9.97 Å². The minimum absolute atomic E-state index is 0.244. The SMILES string of the molecule is CN=C(N)Nc1nc(Cc2ccc3c(c2)OCO3)nc2cc(NCCN)ccc12. The molecule has 9 heteroatoms. The van der Waals surface area contributed by atoms with E-state index in [-0.39, 0.29) is 12.8 Å². The van der Waals surface area contributed by atoms with Crippen LogP contribution in [0.2, 0.25) is 0 Å². The molecule has 6 N–H and O–H groups in total. The Hall–Kier alpha value is -3.59. The summed E-state index contributed by atoms with van der Waals surface area (Å²) >= 11 is 0. The summed E-state index contributed by atoms with van der Waals surface area (Å²) < 4.78 is 10.8. The third-order valence-corrected chi connectivity index (χ3v) is 4.50. The van der Waals surface area contributed by atoms with E-state index in [1.807, 2.05) is 36.4 Å². The van der Waals surface area contributed by atoms with Crippen LogP contribution in [0.1, 0.15) is 11.4 Å². The van der Waals surface area contributed by atoms with Gasteiger partial charge >= 0.3 is 0 Å². The number of rotatable bonds is 6. The third kappa shape index (κ3) is 4.14. The number of hydrogen-bond donors (Lipinski definition) is 4. The highest BCUT2D eigenvalue weighted by Crippen LogP contribution is 2.33. The van der Waals surface area contributed by atoms with Crippen LogP contribution >= 0.6 is 0 Å². The largest absolute Gasteiger partial charge is 0.454 e. The molecule has 0 saturated heterocycles. The van der Waals surface area contributed by atoms with Crippen LogP contribution in [-0.2, 0) is 6.42 Å². The number of aliphatic imine (C=N–C) groups is 1. The Kier molecular flexibility index (Phi) is 5.30. The molecule has 3 aromatic rings. The third-order valence-electron chi connectivity index (χ3n) is 4.50. The van der Waals surface area contributed by atoms with E-state index < -0.39 is 0 Å². The molecule has 1 aliphatic rings. The zero-order valence-corrected chi connectivity index (χ0v) is 16.1. The molecule has 0 radical (unpaired) electrons. The summed E-state index contributed by atoms with van der Waals surface area (Å²) in [6.07, 6.45) is 0.533. The van der Waals surface area contributed by atoms with Crippen molar-refractivity contribution < 1.29 is 9.47 Å². The lowest BCUT2D eigenvalue weighted by atomic mass is 10.1. The number of nitrogens with zero attached hydrogens (tertiary/aromatic N) is 3. The van der Waals surface area contributed by atoms with Crippen molar-refractivity contribution in [2.24, 2.45) is 16.5 Å². The smallest absolute Gasteiger partial charge is 0.231 e. The fraction of sp³-hybridized carbons (Fsp3) is 0.250. The fourth-order valence-electron chi connectivity index (χ4n) is 3.09. The molecule has 0 amide bonds. The van der Waals surface area contributed by atoms with Crippen LogP contribution < -0.4 is 31.6 Å². The van der Waals surface area contributed by atoms with Crippen molar-refractivity contribution in [3.05, 3.63) is 47.8 Å². The second kappa shape index (κ2) is 8.19. The lowest BCUT2D eigenvalue weighted by molar-refractivity contribution is 0.174. The predicted molar refractivity (Wildman–Crippen MR) is 114 cm³/mol. The van der Waals surface area contributed by atoms with Gasteiger partial charge in [-0.2, -0.15) is 0 Å². The minimum Gasteiger partial charge on any atom is -0.454 e. The molecule has 29 heavy (non-hydrogen) atoms. The Morgan fingerprint density at radius 2 is 2.00 bits per heavy atom. The molecule has 1 aromatic heterocycles. The van der Waals surface area contributed by atoms with Gasteiger partial charge in [-0.1, -0.05) is 6.07 Å². The van der Waals surface area contributed by atoms with Crippen molar-refractivity contribution in [1.29, 1.82) is 0 Å². The average molecular weight is 393 g/mol. The molecule has 0 saturated carbocycles. The molecule has 0 aliphatic carbocycles. The first-order chi connectivity index (χ1) is 14.2. The number of anilines is 2. The van der Waals surface area contributed by atoms with Gasteiger partial charge in [-0.3, -0.25) is 4.99 Å². The molecular weight excluding hydrogens is 370 g/mol. The van der Waals surface area contributed by atoms with Gasteiger partial charge in [0.25, 0.3) is 0 Å². The zero-order valence-electron chi connectivity index (χ0n) is 16.1. The Bertz CT molecular complexity index is 1070. The van der Waals surface area contributed by atoms with Gasteiger partial charge in [-0.05, 0) is 35.9 Å². The quantitative estimate of drug-likeness (QED) is 0.367. The number of guanidine groups is 1. The van der Waals surface area contributed by atoms with Crippen LogP contribution in [0.15, 0.2) is 41.4 Å². The molecule has 0 spiro atoms. The summed E-state index contributed by atoms with van der Waals surface area (Å²) in [6.45, 7) is 1.47. The van der Waals surface area contributed by atoms with E-state index in [0.29, 0.717) is 31.2 Å². The first-order valence-corrected chi connectivity index (χ1v) is 9.28. The Morgan fingerprint density at radius 1 is 1.14 bits per heavy atom. The molecular formula is C20H23N7O2. The summed E-state index contributed by atoms with van der Waals surface area (Å²) in [7, 11) is 1.62. The van der Waals surface area contributed by atoms with Crippen molar-refractivity contribution in [3.63, 3.8) is 0 Å². The topological polar surface area (TPSA) is 133 Å². The summed E-state index contributed by atoms with van der Waals surface area (Å²) in [4.78, 5) is 13.4. The van der Waals surface area contributed by atoms with Gasteiger partial charge in [0.15, 0.2) is 17.5 Å². The van der Waals surface area contributed by atoms with Crippen LogP contribution in [0.5, 0.6) is 11.5 Å². The lowest BCUT2D eigenvalue weighted by Crippen LogP contribution is -2.23. The molecule has 1 aliphatic heterocycles. The molecule has 4 rings (SSSR count). The Balaban J connectivity index is 1.71. The number of nitrogens with one attached hydrogen (secondary N) is 2. The average Bonchev–Trinajstić information content (AvgIpc) is 3.19. The molecule has 0 fully saturated rings. The second-order valence-corrected chi connectivity index (χ2v) is 6.53. The minimum atomic E-state index is 0.244. The van der Waals surface area contributed by atoms with Crippen LogP contribution in [0.4, 0.5) is 11.5 Å². The maximum absolute atomic E-state index is 5.88. The molecule has 0 bridgehead atoms. The predicted octanol–water partition coefficient (Wildman–Crippen LogP) is 1.68. The van der Waals surface area contributed by atoms with Crippen LogP contribution in [0.3, 0.4) is 0 Å². The first kappa shape index (κ1) is 18.8. The Labute approximate surface area is 168 Å². The highest BCUT2D eigenvalue weighted by Gasteiger charge is 2.15. The number of hydrogen-bond acceptors (Lipinski definition) is 7. The Morgan fingerprint density at radius 3 is 2.83 bits per heavy atom. The van der Waals surface area contributed by atoms with E-state index in [1.165, 1.54) is 0 Å². The van der Waals surface area contributed by atoms with E-state index in [0.717, 1.165) is 33.7 Å². The number of aromatic nitrogens is 2. The maximum atomic E-state index is 5.88. The highest BCUT2D eigenvalue weighted by molar-refractivity contribution is 6.00. The van der Waals surface area contributed by atoms with Crippen molar-refractivity contribution in [2.75, 3.05) is 37.6 Å². The van der Waals surface area contributed by atoms with Crippen LogP contribution in [0, 0.1) is 0 Å². The fourth-order valence-corrected chi connectivity index (χ4v) is 3.09. The van der Waals surface area contributed by atoms with Gasteiger partial charge in [-0.25, -0.2) is 9.97 Å². The number of nitrogens with two attached hydrogens (primary N) is 2. The van der Waals surface area contributed by atoms with Gasteiger partial charge in [0.1, 0.15) is 11.6 Å². The van der Waals surface area contributed by atoms with Gasteiger partial charge in [-0.15, -0.1) is 0 Å². The summed E-state index contributed by atoms with van der Waals surface area (Å²) in [5, 5.41) is 7.18. The molecule has 0 unspecified atom stereocenters. The normalized spacial score (nSPS) is 13.0. The maximum Gasteiger partial charge on any atom is 0.231 e. The monoisotopic (exact) mass is 393 g/mol. The first-order valence-electron chi connectivity index (χ1n) is 9.28. The zero-order chi connectivity index (χ0) is 20.2. The van der Waals surface area contributed by atoms with Crippen molar-refractivity contribution in [3.8, 4) is 11.5 Å². The van der Waals surface area contributed by atoms with E-state index in [2.05, 4.69) is 20.6 Å². The van der Waals surface area contributed by atoms with E-state index >= 15 is 0 Å². The molecule has 2 heterocycles. The van der Waals surface area contributed by atoms with Gasteiger partial charge in [0.2, 0.25) is 6.79 Å².